The quantitative estimate of drug-likeness (QED) is 0.854. The molecule has 3 nitrogen and oxygen atoms in total. The highest BCUT2D eigenvalue weighted by Gasteiger charge is 2.48. The first-order valence-corrected chi connectivity index (χ1v) is 8.27. The second-order valence-electron chi connectivity index (χ2n) is 6.91. The van der Waals surface area contributed by atoms with Gasteiger partial charge in [0.25, 0.3) is 0 Å². The van der Waals surface area contributed by atoms with Crippen LogP contribution in [0.5, 0.6) is 0 Å². The number of amides is 1. The second kappa shape index (κ2) is 6.37. The van der Waals surface area contributed by atoms with E-state index in [1.165, 1.54) is 12.5 Å². The van der Waals surface area contributed by atoms with Crippen molar-refractivity contribution in [2.24, 2.45) is 5.92 Å². The lowest BCUT2D eigenvalue weighted by molar-refractivity contribution is -0.136. The summed E-state index contributed by atoms with van der Waals surface area (Å²) in [7, 11) is 4.10. The van der Waals surface area contributed by atoms with Gasteiger partial charge in [-0.05, 0) is 57.3 Å². The average Bonchev–Trinajstić information content (AvgIpc) is 3.27. The van der Waals surface area contributed by atoms with Crippen molar-refractivity contribution in [2.45, 2.75) is 37.6 Å². The second-order valence-corrected chi connectivity index (χ2v) is 6.91. The Morgan fingerprint density at radius 2 is 2.09 bits per heavy atom. The zero-order valence-corrected chi connectivity index (χ0v) is 13.5. The van der Waals surface area contributed by atoms with Gasteiger partial charge in [0, 0.05) is 25.0 Å². The summed E-state index contributed by atoms with van der Waals surface area (Å²) in [4.78, 5) is 17.0. The van der Waals surface area contributed by atoms with E-state index in [1.807, 2.05) is 12.1 Å². The molecule has 22 heavy (non-hydrogen) atoms. The summed E-state index contributed by atoms with van der Waals surface area (Å²) in [5, 5.41) is 0. The average molecular weight is 304 g/mol. The minimum Gasteiger partial charge on any atom is -0.338 e. The van der Waals surface area contributed by atoms with E-state index in [0.717, 1.165) is 32.4 Å². The molecule has 2 aliphatic rings. The first-order valence-electron chi connectivity index (χ1n) is 8.27. The Kier molecular flexibility index (Phi) is 4.48. The molecule has 1 saturated carbocycles. The van der Waals surface area contributed by atoms with Gasteiger partial charge in [0.2, 0.25) is 5.91 Å². The van der Waals surface area contributed by atoms with Crippen molar-refractivity contribution in [2.75, 3.05) is 27.2 Å². The Balaban J connectivity index is 1.68. The van der Waals surface area contributed by atoms with Crippen LogP contribution in [0.25, 0.3) is 0 Å². The topological polar surface area (TPSA) is 23.6 Å². The van der Waals surface area contributed by atoms with E-state index in [4.69, 9.17) is 0 Å². The molecule has 0 N–H and O–H groups in total. The third kappa shape index (κ3) is 3.17. The van der Waals surface area contributed by atoms with Crippen LogP contribution in [0.15, 0.2) is 24.3 Å². The van der Waals surface area contributed by atoms with Crippen LogP contribution in [0, 0.1) is 11.7 Å². The number of piperidine rings is 1. The van der Waals surface area contributed by atoms with Crippen LogP contribution in [0.1, 0.15) is 37.2 Å². The largest absolute Gasteiger partial charge is 0.338 e. The summed E-state index contributed by atoms with van der Waals surface area (Å²) >= 11 is 0. The minimum absolute atomic E-state index is 0.0142. The molecule has 3 atom stereocenters. The van der Waals surface area contributed by atoms with E-state index in [2.05, 4.69) is 23.9 Å². The Labute approximate surface area is 132 Å². The van der Waals surface area contributed by atoms with Gasteiger partial charge in [-0.1, -0.05) is 18.2 Å². The summed E-state index contributed by atoms with van der Waals surface area (Å²) in [6.07, 6.45) is 4.17. The molecule has 1 heterocycles. The number of nitrogens with zero attached hydrogens (tertiary/aromatic N) is 2. The van der Waals surface area contributed by atoms with Gasteiger partial charge in [-0.15, -0.1) is 0 Å². The molecule has 1 saturated heterocycles. The first kappa shape index (κ1) is 15.5. The first-order chi connectivity index (χ1) is 10.6. The highest BCUT2D eigenvalue weighted by Crippen LogP contribution is 2.49. The van der Waals surface area contributed by atoms with Crippen molar-refractivity contribution in [3.05, 3.63) is 35.6 Å². The van der Waals surface area contributed by atoms with Crippen molar-refractivity contribution < 1.29 is 9.18 Å². The fourth-order valence-electron chi connectivity index (χ4n) is 3.70. The number of rotatable bonds is 4. The third-order valence-corrected chi connectivity index (χ3v) is 4.90. The molecule has 120 valence electrons. The lowest BCUT2D eigenvalue weighted by Gasteiger charge is -2.37. The number of benzene rings is 1. The lowest BCUT2D eigenvalue weighted by atomic mass is 10.00. The maximum atomic E-state index is 13.9. The van der Waals surface area contributed by atoms with Crippen LogP contribution < -0.4 is 0 Å². The Morgan fingerprint density at radius 3 is 2.82 bits per heavy atom. The molecule has 3 rings (SSSR count). The molecule has 0 spiro atoms. The minimum atomic E-state index is -0.175. The molecule has 1 aliphatic heterocycles. The fraction of sp³-hybridized carbons (Fsp3) is 0.611. The summed E-state index contributed by atoms with van der Waals surface area (Å²) in [5.41, 5.74) is 0.710. The van der Waals surface area contributed by atoms with Crippen LogP contribution in [-0.4, -0.2) is 48.9 Å². The van der Waals surface area contributed by atoms with Gasteiger partial charge in [0.1, 0.15) is 5.82 Å². The van der Waals surface area contributed by atoms with Gasteiger partial charge in [-0.3, -0.25) is 4.79 Å². The molecule has 2 fully saturated rings. The molecule has 0 bridgehead atoms. The number of hydrogen-bond acceptors (Lipinski definition) is 2. The predicted molar refractivity (Wildman–Crippen MR) is 85.2 cm³/mol. The van der Waals surface area contributed by atoms with Gasteiger partial charge in [-0.25, -0.2) is 4.39 Å². The van der Waals surface area contributed by atoms with Crippen molar-refractivity contribution >= 4 is 5.91 Å². The van der Waals surface area contributed by atoms with E-state index in [1.54, 1.807) is 6.07 Å². The molecule has 1 aromatic carbocycles. The Hall–Kier alpha value is -1.42. The fourth-order valence-corrected chi connectivity index (χ4v) is 3.70. The maximum Gasteiger partial charge on any atom is 0.226 e. The zero-order valence-electron chi connectivity index (χ0n) is 13.5. The number of hydrogen-bond donors (Lipinski definition) is 0. The van der Waals surface area contributed by atoms with Gasteiger partial charge in [0.15, 0.2) is 0 Å². The predicted octanol–water partition coefficient (Wildman–Crippen LogP) is 2.87. The number of carbonyl (C=O) groups is 1. The molecule has 1 aliphatic carbocycles. The van der Waals surface area contributed by atoms with Gasteiger partial charge < -0.3 is 9.80 Å². The van der Waals surface area contributed by atoms with Gasteiger partial charge in [-0.2, -0.15) is 0 Å². The molecule has 1 amide bonds. The standard InChI is InChI=1S/C18H25FN2O/c1-20(2)12-13-7-5-6-10-21(13)18(22)16-11-15(16)14-8-3-4-9-17(14)19/h3-4,8-9,13,15-16H,5-7,10-12H2,1-2H3. The highest BCUT2D eigenvalue weighted by molar-refractivity contribution is 5.83. The smallest absolute Gasteiger partial charge is 0.226 e. The van der Waals surface area contributed by atoms with Crippen molar-refractivity contribution in [1.82, 2.24) is 9.80 Å². The van der Waals surface area contributed by atoms with Crippen molar-refractivity contribution in [3.8, 4) is 0 Å². The molecule has 0 aromatic heterocycles. The summed E-state index contributed by atoms with van der Waals surface area (Å²) in [6.45, 7) is 1.78. The molecule has 0 radical (unpaired) electrons. The molecule has 4 heteroatoms. The van der Waals surface area contributed by atoms with E-state index in [9.17, 15) is 9.18 Å². The molecular weight excluding hydrogens is 279 g/mol. The summed E-state index contributed by atoms with van der Waals surface area (Å²) in [6, 6.07) is 7.19. The zero-order chi connectivity index (χ0) is 15.7. The summed E-state index contributed by atoms with van der Waals surface area (Å²) < 4.78 is 13.9. The van der Waals surface area contributed by atoms with E-state index >= 15 is 0 Å². The number of likely N-dealkylation sites (N-methyl/N-ethyl adjacent to an activating group) is 1. The van der Waals surface area contributed by atoms with Crippen molar-refractivity contribution in [3.63, 3.8) is 0 Å². The Morgan fingerprint density at radius 1 is 1.32 bits per heavy atom. The van der Waals surface area contributed by atoms with E-state index in [-0.39, 0.29) is 23.6 Å². The number of likely N-dealkylation sites (tertiary alicyclic amines) is 1. The molecular formula is C18H25FN2O. The van der Waals surface area contributed by atoms with Crippen LogP contribution in [0.2, 0.25) is 0 Å². The SMILES string of the molecule is CN(C)CC1CCCCN1C(=O)C1CC1c1ccccc1F. The van der Waals surface area contributed by atoms with Crippen molar-refractivity contribution in [1.29, 1.82) is 0 Å². The van der Waals surface area contributed by atoms with E-state index < -0.39 is 0 Å². The van der Waals surface area contributed by atoms with Crippen LogP contribution in [0.4, 0.5) is 4.39 Å². The van der Waals surface area contributed by atoms with Crippen LogP contribution >= 0.6 is 0 Å². The number of halogens is 1. The molecule has 1 aromatic rings. The highest BCUT2D eigenvalue weighted by atomic mass is 19.1. The monoisotopic (exact) mass is 304 g/mol. The lowest BCUT2D eigenvalue weighted by Crippen LogP contribution is -2.49. The molecule has 3 unspecified atom stereocenters. The normalized spacial score (nSPS) is 28.0. The van der Waals surface area contributed by atoms with Crippen LogP contribution in [0.3, 0.4) is 0 Å². The number of carbonyl (C=O) groups excluding carboxylic acids is 1. The van der Waals surface area contributed by atoms with E-state index in [0.29, 0.717) is 11.6 Å². The van der Waals surface area contributed by atoms with Gasteiger partial charge >= 0.3 is 0 Å². The van der Waals surface area contributed by atoms with Gasteiger partial charge in [0.05, 0.1) is 0 Å². The Bertz CT molecular complexity index is 546. The summed E-state index contributed by atoms with van der Waals surface area (Å²) in [5.74, 6) is 0.126. The maximum absolute atomic E-state index is 13.9. The third-order valence-electron chi connectivity index (χ3n) is 4.90. The van der Waals surface area contributed by atoms with Crippen LogP contribution in [-0.2, 0) is 4.79 Å².